The summed E-state index contributed by atoms with van der Waals surface area (Å²) in [6, 6.07) is 0. The Kier molecular flexibility index (Phi) is 5.12. The number of hydrogen-bond acceptors (Lipinski definition) is 4. The van der Waals surface area contributed by atoms with Gasteiger partial charge in [-0.3, -0.25) is 9.59 Å². The molecule has 1 aliphatic carbocycles. The van der Waals surface area contributed by atoms with E-state index in [1.165, 1.54) is 0 Å². The van der Waals surface area contributed by atoms with E-state index in [2.05, 4.69) is 6.92 Å². The van der Waals surface area contributed by atoms with Gasteiger partial charge in [0.05, 0.1) is 13.2 Å². The molecule has 1 aliphatic heterocycles. The van der Waals surface area contributed by atoms with Crippen molar-refractivity contribution in [1.82, 2.24) is 0 Å². The van der Waals surface area contributed by atoms with Crippen LogP contribution in [-0.2, 0) is 19.1 Å². The zero-order valence-electron chi connectivity index (χ0n) is 12.9. The van der Waals surface area contributed by atoms with E-state index in [-0.39, 0.29) is 5.41 Å². The second-order valence-corrected chi connectivity index (χ2v) is 6.22. The SMILES string of the molecule is C/C(C=O)=C\CCC1(C)CC=C(C=O)CCC12OCCO2. The molecule has 21 heavy (non-hydrogen) atoms. The van der Waals surface area contributed by atoms with E-state index in [9.17, 15) is 9.59 Å². The predicted octanol–water partition coefficient (Wildman–Crippen LogP) is 2.97. The molecule has 1 atom stereocenters. The number of rotatable bonds is 5. The molecular weight excluding hydrogens is 268 g/mol. The van der Waals surface area contributed by atoms with Gasteiger partial charge in [0.15, 0.2) is 5.79 Å². The zero-order valence-corrected chi connectivity index (χ0v) is 12.9. The van der Waals surface area contributed by atoms with Crippen molar-refractivity contribution in [3.8, 4) is 0 Å². The van der Waals surface area contributed by atoms with Gasteiger partial charge in [-0.1, -0.05) is 19.1 Å². The summed E-state index contributed by atoms with van der Waals surface area (Å²) in [7, 11) is 0. The lowest BCUT2D eigenvalue weighted by atomic mass is 9.73. The first-order valence-corrected chi connectivity index (χ1v) is 7.59. The van der Waals surface area contributed by atoms with E-state index in [1.807, 2.05) is 19.1 Å². The minimum atomic E-state index is -0.600. The first-order valence-electron chi connectivity index (χ1n) is 7.59. The van der Waals surface area contributed by atoms with Gasteiger partial charge in [0.25, 0.3) is 0 Å². The van der Waals surface area contributed by atoms with Gasteiger partial charge in [0.1, 0.15) is 12.6 Å². The minimum Gasteiger partial charge on any atom is -0.347 e. The van der Waals surface area contributed by atoms with Crippen LogP contribution in [0.5, 0.6) is 0 Å². The van der Waals surface area contributed by atoms with E-state index in [0.717, 1.165) is 43.0 Å². The average molecular weight is 292 g/mol. The Bertz CT molecular complexity index is 457. The summed E-state index contributed by atoms with van der Waals surface area (Å²) in [5.41, 5.74) is 1.39. The van der Waals surface area contributed by atoms with Crippen LogP contribution in [0.15, 0.2) is 23.3 Å². The van der Waals surface area contributed by atoms with Crippen LogP contribution in [0.4, 0.5) is 0 Å². The highest BCUT2D eigenvalue weighted by Crippen LogP contribution is 2.50. The second-order valence-electron chi connectivity index (χ2n) is 6.22. The third-order valence-electron chi connectivity index (χ3n) is 4.73. The molecule has 0 saturated carbocycles. The maximum absolute atomic E-state index is 11.1. The molecule has 1 heterocycles. The highest BCUT2D eigenvalue weighted by molar-refractivity contribution is 5.73. The van der Waals surface area contributed by atoms with E-state index in [4.69, 9.17) is 9.47 Å². The van der Waals surface area contributed by atoms with Gasteiger partial charge >= 0.3 is 0 Å². The van der Waals surface area contributed by atoms with E-state index in [1.54, 1.807) is 0 Å². The Labute approximate surface area is 126 Å². The summed E-state index contributed by atoms with van der Waals surface area (Å²) in [6.07, 6.45) is 9.62. The van der Waals surface area contributed by atoms with Crippen molar-refractivity contribution in [2.45, 2.75) is 51.7 Å². The Morgan fingerprint density at radius 3 is 2.67 bits per heavy atom. The lowest BCUT2D eigenvalue weighted by Crippen LogP contribution is -2.47. The summed E-state index contributed by atoms with van der Waals surface area (Å²) in [5, 5.41) is 0. The highest BCUT2D eigenvalue weighted by Gasteiger charge is 2.52. The molecule has 2 rings (SSSR count). The third-order valence-corrected chi connectivity index (χ3v) is 4.73. The topological polar surface area (TPSA) is 52.6 Å². The lowest BCUT2D eigenvalue weighted by molar-refractivity contribution is -0.236. The molecule has 1 saturated heterocycles. The highest BCUT2D eigenvalue weighted by atomic mass is 16.7. The van der Waals surface area contributed by atoms with Crippen molar-refractivity contribution < 1.29 is 19.1 Å². The predicted molar refractivity (Wildman–Crippen MR) is 79.8 cm³/mol. The molecule has 0 aromatic heterocycles. The fourth-order valence-corrected chi connectivity index (χ4v) is 3.24. The lowest BCUT2D eigenvalue weighted by Gasteiger charge is -2.43. The van der Waals surface area contributed by atoms with Crippen molar-refractivity contribution in [1.29, 1.82) is 0 Å². The van der Waals surface area contributed by atoms with Gasteiger partial charge < -0.3 is 9.47 Å². The largest absolute Gasteiger partial charge is 0.347 e. The molecule has 0 aromatic carbocycles. The van der Waals surface area contributed by atoms with Gasteiger partial charge in [-0.25, -0.2) is 0 Å². The number of carbonyl (C=O) groups excluding carboxylic acids is 2. The van der Waals surface area contributed by atoms with Crippen LogP contribution < -0.4 is 0 Å². The van der Waals surface area contributed by atoms with Gasteiger partial charge in [-0.15, -0.1) is 0 Å². The smallest absolute Gasteiger partial charge is 0.174 e. The van der Waals surface area contributed by atoms with Gasteiger partial charge in [0, 0.05) is 11.8 Å². The van der Waals surface area contributed by atoms with E-state index >= 15 is 0 Å². The zero-order chi connectivity index (χ0) is 15.3. The Hall–Kier alpha value is -1.26. The minimum absolute atomic E-state index is 0.187. The van der Waals surface area contributed by atoms with Gasteiger partial charge in [0.2, 0.25) is 0 Å². The number of carbonyl (C=O) groups is 2. The number of hydrogen-bond donors (Lipinski definition) is 0. The fourth-order valence-electron chi connectivity index (χ4n) is 3.24. The van der Waals surface area contributed by atoms with Crippen LogP contribution in [-0.4, -0.2) is 31.6 Å². The molecule has 2 aliphatic rings. The van der Waals surface area contributed by atoms with Crippen LogP contribution in [0.25, 0.3) is 0 Å². The maximum atomic E-state index is 11.1. The Morgan fingerprint density at radius 1 is 1.33 bits per heavy atom. The average Bonchev–Trinajstić information content (AvgIpc) is 2.92. The first-order chi connectivity index (χ1) is 10.1. The number of ether oxygens (including phenoxy) is 2. The standard InChI is InChI=1S/C17H24O4/c1-14(12-18)4-3-7-16(2)8-5-15(13-19)6-9-17(16)20-10-11-21-17/h4-5,12-13H,3,6-11H2,1-2H3/b14-4+. The third kappa shape index (κ3) is 3.33. The molecule has 0 amide bonds. The normalized spacial score (nSPS) is 29.0. The Balaban J connectivity index is 2.18. The van der Waals surface area contributed by atoms with Crippen LogP contribution in [0, 0.1) is 5.41 Å². The van der Waals surface area contributed by atoms with Crippen molar-refractivity contribution in [3.05, 3.63) is 23.3 Å². The molecule has 116 valence electrons. The molecule has 1 unspecified atom stereocenters. The van der Waals surface area contributed by atoms with Crippen molar-refractivity contribution >= 4 is 12.6 Å². The molecule has 0 radical (unpaired) electrons. The summed E-state index contributed by atoms with van der Waals surface area (Å²) < 4.78 is 12.0. The molecule has 0 aromatic rings. The van der Waals surface area contributed by atoms with Gasteiger partial charge in [-0.05, 0) is 43.8 Å². The van der Waals surface area contributed by atoms with Crippen molar-refractivity contribution in [2.75, 3.05) is 13.2 Å². The summed E-state index contributed by atoms with van der Waals surface area (Å²) in [5.74, 6) is -0.600. The molecule has 4 nitrogen and oxygen atoms in total. The number of aldehydes is 2. The summed E-state index contributed by atoms with van der Waals surface area (Å²) >= 11 is 0. The van der Waals surface area contributed by atoms with Crippen LogP contribution in [0.3, 0.4) is 0 Å². The molecule has 4 heteroatoms. The molecular formula is C17H24O4. The first kappa shape index (κ1) is 16.1. The number of allylic oxidation sites excluding steroid dienone is 4. The van der Waals surface area contributed by atoms with Gasteiger partial charge in [-0.2, -0.15) is 0 Å². The summed E-state index contributed by atoms with van der Waals surface area (Å²) in [4.78, 5) is 21.8. The van der Waals surface area contributed by atoms with E-state index in [0.29, 0.717) is 26.1 Å². The van der Waals surface area contributed by atoms with E-state index < -0.39 is 5.79 Å². The van der Waals surface area contributed by atoms with Crippen LogP contribution >= 0.6 is 0 Å². The van der Waals surface area contributed by atoms with Crippen molar-refractivity contribution in [3.63, 3.8) is 0 Å². The molecule has 1 spiro atoms. The fraction of sp³-hybridized carbons (Fsp3) is 0.647. The maximum Gasteiger partial charge on any atom is 0.174 e. The molecule has 0 bridgehead atoms. The second kappa shape index (κ2) is 6.67. The monoisotopic (exact) mass is 292 g/mol. The van der Waals surface area contributed by atoms with Crippen LogP contribution in [0.2, 0.25) is 0 Å². The quantitative estimate of drug-likeness (QED) is 0.577. The van der Waals surface area contributed by atoms with Crippen LogP contribution in [0.1, 0.15) is 46.0 Å². The Morgan fingerprint density at radius 2 is 2.05 bits per heavy atom. The van der Waals surface area contributed by atoms with Crippen molar-refractivity contribution in [2.24, 2.45) is 5.41 Å². The summed E-state index contributed by atoms with van der Waals surface area (Å²) in [6.45, 7) is 5.18. The molecule has 1 fully saturated rings. The molecule has 0 N–H and O–H groups in total.